The summed E-state index contributed by atoms with van der Waals surface area (Å²) in [6.45, 7) is 3.77. The monoisotopic (exact) mass is 286 g/mol. The average Bonchev–Trinajstić information content (AvgIpc) is 2.48. The minimum Gasteiger partial charge on any atom is -0.463 e. The van der Waals surface area contributed by atoms with E-state index in [0.29, 0.717) is 19.6 Å². The van der Waals surface area contributed by atoms with Crippen molar-refractivity contribution < 1.29 is 19.0 Å². The standard InChI is InChI=1S/C16H30O4/c1-2-3-4-5-6-7-10-15(17)18-13-14-20-16-11-8-9-12-19-16/h16H,2-14H2,1H3. The van der Waals surface area contributed by atoms with Crippen LogP contribution in [0.25, 0.3) is 0 Å². The van der Waals surface area contributed by atoms with Gasteiger partial charge in [0.05, 0.1) is 6.61 Å². The highest BCUT2D eigenvalue weighted by atomic mass is 16.7. The Morgan fingerprint density at radius 1 is 1.10 bits per heavy atom. The predicted molar refractivity (Wildman–Crippen MR) is 78.5 cm³/mol. The van der Waals surface area contributed by atoms with Gasteiger partial charge in [0, 0.05) is 13.0 Å². The molecule has 0 amide bonds. The summed E-state index contributed by atoms with van der Waals surface area (Å²) in [6.07, 6.45) is 10.8. The van der Waals surface area contributed by atoms with Gasteiger partial charge >= 0.3 is 5.97 Å². The first-order chi connectivity index (χ1) is 9.83. The highest BCUT2D eigenvalue weighted by molar-refractivity contribution is 5.69. The van der Waals surface area contributed by atoms with Crippen LogP contribution in [0.1, 0.15) is 71.1 Å². The van der Waals surface area contributed by atoms with Gasteiger partial charge in [-0.2, -0.15) is 0 Å². The summed E-state index contributed by atoms with van der Waals surface area (Å²) in [5.41, 5.74) is 0. The second kappa shape index (κ2) is 12.2. The van der Waals surface area contributed by atoms with Crippen molar-refractivity contribution in [2.75, 3.05) is 19.8 Å². The molecule has 1 fully saturated rings. The summed E-state index contributed by atoms with van der Waals surface area (Å²) >= 11 is 0. The smallest absolute Gasteiger partial charge is 0.305 e. The SMILES string of the molecule is CCCCCCCCC(=O)OCCOC1CCCCO1. The van der Waals surface area contributed by atoms with Crippen molar-refractivity contribution in [2.24, 2.45) is 0 Å². The van der Waals surface area contributed by atoms with Crippen LogP contribution < -0.4 is 0 Å². The molecule has 1 heterocycles. The van der Waals surface area contributed by atoms with Crippen molar-refractivity contribution >= 4 is 5.97 Å². The van der Waals surface area contributed by atoms with Crippen LogP contribution in [0.3, 0.4) is 0 Å². The van der Waals surface area contributed by atoms with Crippen molar-refractivity contribution in [3.05, 3.63) is 0 Å². The fourth-order valence-corrected chi connectivity index (χ4v) is 2.30. The number of esters is 1. The number of hydrogen-bond donors (Lipinski definition) is 0. The van der Waals surface area contributed by atoms with Crippen molar-refractivity contribution in [1.29, 1.82) is 0 Å². The molecule has 0 N–H and O–H groups in total. The lowest BCUT2D eigenvalue weighted by molar-refractivity contribution is -0.173. The summed E-state index contributed by atoms with van der Waals surface area (Å²) in [7, 11) is 0. The van der Waals surface area contributed by atoms with Gasteiger partial charge in [-0.05, 0) is 25.7 Å². The Hall–Kier alpha value is -0.610. The van der Waals surface area contributed by atoms with E-state index in [9.17, 15) is 4.79 Å². The Labute approximate surface area is 123 Å². The normalized spacial score (nSPS) is 18.9. The van der Waals surface area contributed by atoms with Gasteiger partial charge in [-0.1, -0.05) is 39.0 Å². The van der Waals surface area contributed by atoms with Crippen LogP contribution in [0.15, 0.2) is 0 Å². The third-order valence-corrected chi connectivity index (χ3v) is 3.52. The predicted octanol–water partition coefficient (Wildman–Crippen LogP) is 3.82. The maximum atomic E-state index is 11.5. The second-order valence-corrected chi connectivity index (χ2v) is 5.41. The molecule has 20 heavy (non-hydrogen) atoms. The Morgan fingerprint density at radius 2 is 1.90 bits per heavy atom. The summed E-state index contributed by atoms with van der Waals surface area (Å²) in [5, 5.41) is 0. The van der Waals surface area contributed by atoms with Crippen LogP contribution in [0.5, 0.6) is 0 Å². The number of unbranched alkanes of at least 4 members (excludes halogenated alkanes) is 5. The quantitative estimate of drug-likeness (QED) is 0.428. The summed E-state index contributed by atoms with van der Waals surface area (Å²) in [4.78, 5) is 11.5. The number of carbonyl (C=O) groups excluding carboxylic acids is 1. The first kappa shape index (κ1) is 17.4. The third-order valence-electron chi connectivity index (χ3n) is 3.52. The fourth-order valence-electron chi connectivity index (χ4n) is 2.30. The fraction of sp³-hybridized carbons (Fsp3) is 0.938. The Bertz CT molecular complexity index is 237. The van der Waals surface area contributed by atoms with Crippen LogP contribution in [-0.4, -0.2) is 32.1 Å². The zero-order chi connectivity index (χ0) is 14.5. The van der Waals surface area contributed by atoms with E-state index in [1.54, 1.807) is 0 Å². The van der Waals surface area contributed by atoms with Gasteiger partial charge in [-0.15, -0.1) is 0 Å². The molecule has 0 spiro atoms. The Morgan fingerprint density at radius 3 is 2.65 bits per heavy atom. The van der Waals surface area contributed by atoms with Crippen molar-refractivity contribution in [3.63, 3.8) is 0 Å². The lowest BCUT2D eigenvalue weighted by Gasteiger charge is -2.22. The highest BCUT2D eigenvalue weighted by Gasteiger charge is 2.13. The Balaban J connectivity index is 1.84. The van der Waals surface area contributed by atoms with Crippen LogP contribution in [0, 0.1) is 0 Å². The second-order valence-electron chi connectivity index (χ2n) is 5.41. The lowest BCUT2D eigenvalue weighted by Crippen LogP contribution is -2.24. The maximum Gasteiger partial charge on any atom is 0.305 e. The Kier molecular flexibility index (Phi) is 10.6. The molecule has 1 rings (SSSR count). The molecule has 1 unspecified atom stereocenters. The first-order valence-electron chi connectivity index (χ1n) is 8.21. The molecule has 1 saturated heterocycles. The zero-order valence-electron chi connectivity index (χ0n) is 12.9. The summed E-state index contributed by atoms with van der Waals surface area (Å²) in [5.74, 6) is -0.103. The third kappa shape index (κ3) is 9.32. The molecule has 1 atom stereocenters. The molecule has 0 radical (unpaired) electrons. The van der Waals surface area contributed by atoms with Gasteiger partial charge in [-0.25, -0.2) is 0 Å². The minimum atomic E-state index is -0.103. The molecule has 1 aliphatic rings. The van der Waals surface area contributed by atoms with Crippen LogP contribution in [-0.2, 0) is 19.0 Å². The molecule has 0 bridgehead atoms. The van der Waals surface area contributed by atoms with E-state index in [2.05, 4.69) is 6.92 Å². The van der Waals surface area contributed by atoms with Gasteiger partial charge < -0.3 is 14.2 Å². The molecular weight excluding hydrogens is 256 g/mol. The van der Waals surface area contributed by atoms with Crippen LogP contribution >= 0.6 is 0 Å². The summed E-state index contributed by atoms with van der Waals surface area (Å²) < 4.78 is 16.1. The van der Waals surface area contributed by atoms with E-state index in [0.717, 1.165) is 38.7 Å². The van der Waals surface area contributed by atoms with Crippen LogP contribution in [0.2, 0.25) is 0 Å². The summed E-state index contributed by atoms with van der Waals surface area (Å²) in [6, 6.07) is 0. The van der Waals surface area contributed by atoms with Crippen molar-refractivity contribution in [3.8, 4) is 0 Å². The number of rotatable bonds is 11. The molecule has 0 aromatic carbocycles. The number of ether oxygens (including phenoxy) is 3. The minimum absolute atomic E-state index is 0.0963. The zero-order valence-corrected chi connectivity index (χ0v) is 12.9. The van der Waals surface area contributed by atoms with E-state index in [4.69, 9.17) is 14.2 Å². The van der Waals surface area contributed by atoms with E-state index in [-0.39, 0.29) is 12.3 Å². The molecule has 118 valence electrons. The van der Waals surface area contributed by atoms with Crippen molar-refractivity contribution in [1.82, 2.24) is 0 Å². The van der Waals surface area contributed by atoms with E-state index >= 15 is 0 Å². The maximum absolute atomic E-state index is 11.5. The van der Waals surface area contributed by atoms with Gasteiger partial charge in [0.25, 0.3) is 0 Å². The molecular formula is C16H30O4. The van der Waals surface area contributed by atoms with E-state index in [1.165, 1.54) is 25.7 Å². The molecule has 1 aliphatic heterocycles. The molecule has 0 aromatic rings. The number of carbonyl (C=O) groups is 1. The largest absolute Gasteiger partial charge is 0.463 e. The van der Waals surface area contributed by atoms with Crippen LogP contribution in [0.4, 0.5) is 0 Å². The van der Waals surface area contributed by atoms with E-state index in [1.807, 2.05) is 0 Å². The van der Waals surface area contributed by atoms with E-state index < -0.39 is 0 Å². The average molecular weight is 286 g/mol. The first-order valence-corrected chi connectivity index (χ1v) is 8.21. The topological polar surface area (TPSA) is 44.8 Å². The molecule has 0 saturated carbocycles. The number of hydrogen-bond acceptors (Lipinski definition) is 4. The van der Waals surface area contributed by atoms with Gasteiger partial charge in [-0.3, -0.25) is 4.79 Å². The van der Waals surface area contributed by atoms with Gasteiger partial charge in [0.2, 0.25) is 0 Å². The highest BCUT2D eigenvalue weighted by Crippen LogP contribution is 2.13. The molecule has 4 heteroatoms. The molecule has 0 aliphatic carbocycles. The molecule has 4 nitrogen and oxygen atoms in total. The van der Waals surface area contributed by atoms with Gasteiger partial charge in [0.15, 0.2) is 6.29 Å². The lowest BCUT2D eigenvalue weighted by atomic mass is 10.1. The molecule has 0 aromatic heterocycles. The van der Waals surface area contributed by atoms with Crippen molar-refractivity contribution in [2.45, 2.75) is 77.4 Å². The van der Waals surface area contributed by atoms with Gasteiger partial charge in [0.1, 0.15) is 6.61 Å².